The molecule has 1 heterocycles. The number of halogens is 1. The monoisotopic (exact) mass is 280 g/mol. The van der Waals surface area contributed by atoms with Crippen LogP contribution in [0.4, 0.5) is 10.1 Å². The van der Waals surface area contributed by atoms with E-state index in [2.05, 4.69) is 10.3 Å². The van der Waals surface area contributed by atoms with Gasteiger partial charge in [-0.1, -0.05) is 6.07 Å². The number of pyridine rings is 1. The first-order chi connectivity index (χ1) is 8.97. The zero-order valence-electron chi connectivity index (χ0n) is 10.3. The minimum atomic E-state index is -3.34. The molecular formula is C13H13FN2O2S. The Morgan fingerprint density at radius 3 is 2.74 bits per heavy atom. The molecule has 0 saturated heterocycles. The highest BCUT2D eigenvalue weighted by Gasteiger charge is 2.10. The summed E-state index contributed by atoms with van der Waals surface area (Å²) in [7, 11) is -3.34. The van der Waals surface area contributed by atoms with Gasteiger partial charge in [0.1, 0.15) is 5.82 Å². The normalized spacial score (nSPS) is 11.3. The molecule has 4 nitrogen and oxygen atoms in total. The van der Waals surface area contributed by atoms with Crippen molar-refractivity contribution in [2.75, 3.05) is 11.6 Å². The molecule has 2 aromatic rings. The van der Waals surface area contributed by atoms with Crippen LogP contribution in [0.1, 0.15) is 5.56 Å². The molecule has 0 radical (unpaired) electrons. The van der Waals surface area contributed by atoms with Gasteiger partial charge >= 0.3 is 0 Å². The first kappa shape index (κ1) is 13.5. The minimum absolute atomic E-state index is 0.0857. The summed E-state index contributed by atoms with van der Waals surface area (Å²) < 4.78 is 36.4. The average molecular weight is 280 g/mol. The third kappa shape index (κ3) is 3.51. The summed E-state index contributed by atoms with van der Waals surface area (Å²) in [5.41, 5.74) is 1.04. The third-order valence-corrected chi connectivity index (χ3v) is 3.68. The number of hydrogen-bond acceptors (Lipinski definition) is 4. The highest BCUT2D eigenvalue weighted by atomic mass is 32.2. The predicted octanol–water partition coefficient (Wildman–Crippen LogP) is 2.24. The van der Waals surface area contributed by atoms with Crippen LogP contribution in [-0.2, 0) is 16.4 Å². The van der Waals surface area contributed by atoms with Gasteiger partial charge in [-0.15, -0.1) is 0 Å². The second kappa shape index (κ2) is 5.36. The van der Waals surface area contributed by atoms with E-state index in [0.29, 0.717) is 6.54 Å². The molecule has 0 aliphatic carbocycles. The quantitative estimate of drug-likeness (QED) is 0.873. The van der Waals surface area contributed by atoms with E-state index in [4.69, 9.17) is 0 Å². The van der Waals surface area contributed by atoms with Gasteiger partial charge in [-0.05, 0) is 29.8 Å². The number of anilines is 1. The molecule has 6 heteroatoms. The number of rotatable bonds is 4. The Hall–Kier alpha value is -1.95. The zero-order valence-corrected chi connectivity index (χ0v) is 11.1. The van der Waals surface area contributed by atoms with E-state index in [-0.39, 0.29) is 10.6 Å². The van der Waals surface area contributed by atoms with Crippen molar-refractivity contribution in [1.29, 1.82) is 0 Å². The van der Waals surface area contributed by atoms with Crippen LogP contribution >= 0.6 is 0 Å². The van der Waals surface area contributed by atoms with Crippen LogP contribution in [0.5, 0.6) is 0 Å². The number of hydrogen-bond donors (Lipinski definition) is 1. The van der Waals surface area contributed by atoms with Crippen LogP contribution in [0, 0.1) is 5.82 Å². The molecule has 0 aliphatic heterocycles. The highest BCUT2D eigenvalue weighted by Crippen LogP contribution is 2.20. The van der Waals surface area contributed by atoms with E-state index in [1.807, 2.05) is 6.07 Å². The molecule has 0 fully saturated rings. The molecule has 2 rings (SSSR count). The fourth-order valence-corrected chi connectivity index (χ4v) is 2.22. The Bertz CT molecular complexity index is 672. The lowest BCUT2D eigenvalue weighted by atomic mass is 10.2. The Morgan fingerprint density at radius 2 is 2.11 bits per heavy atom. The number of benzene rings is 1. The van der Waals surface area contributed by atoms with Gasteiger partial charge < -0.3 is 5.32 Å². The first-order valence-electron chi connectivity index (χ1n) is 5.59. The van der Waals surface area contributed by atoms with Crippen LogP contribution in [-0.4, -0.2) is 19.7 Å². The highest BCUT2D eigenvalue weighted by molar-refractivity contribution is 7.90. The van der Waals surface area contributed by atoms with E-state index in [1.165, 1.54) is 12.1 Å². The lowest BCUT2D eigenvalue weighted by Gasteiger charge is -2.09. The largest absolute Gasteiger partial charge is 0.379 e. The number of nitrogens with zero attached hydrogens (tertiary/aromatic N) is 1. The average Bonchev–Trinajstić information content (AvgIpc) is 2.37. The first-order valence-corrected chi connectivity index (χ1v) is 7.48. The van der Waals surface area contributed by atoms with Crippen molar-refractivity contribution in [3.8, 4) is 0 Å². The molecule has 1 N–H and O–H groups in total. The summed E-state index contributed by atoms with van der Waals surface area (Å²) in [5, 5.41) is 2.86. The maximum atomic E-state index is 13.6. The van der Waals surface area contributed by atoms with E-state index >= 15 is 0 Å². The Labute approximate surface area is 111 Å². The Balaban J connectivity index is 2.21. The van der Waals surface area contributed by atoms with E-state index in [9.17, 15) is 12.8 Å². The number of aromatic nitrogens is 1. The molecule has 0 spiro atoms. The summed E-state index contributed by atoms with van der Waals surface area (Å²) in [5.74, 6) is -0.490. The summed E-state index contributed by atoms with van der Waals surface area (Å²) in [6, 6.07) is 7.31. The Morgan fingerprint density at radius 1 is 1.32 bits per heavy atom. The molecule has 0 aliphatic rings. The molecule has 1 aromatic carbocycles. The van der Waals surface area contributed by atoms with Crippen LogP contribution in [0.2, 0.25) is 0 Å². The molecule has 0 saturated carbocycles. The van der Waals surface area contributed by atoms with E-state index in [1.54, 1.807) is 18.5 Å². The fourth-order valence-electron chi connectivity index (χ4n) is 1.57. The Kier molecular flexibility index (Phi) is 3.80. The maximum absolute atomic E-state index is 13.6. The van der Waals surface area contributed by atoms with Crippen molar-refractivity contribution >= 4 is 15.5 Å². The summed E-state index contributed by atoms with van der Waals surface area (Å²) in [6.45, 7) is 0.373. The molecule has 19 heavy (non-hydrogen) atoms. The standard InChI is InChI=1S/C13H13FN2O2S/c1-19(17,18)11-4-5-12(14)13(7-11)16-9-10-3-2-6-15-8-10/h2-8,16H,9H2,1H3. The van der Waals surface area contributed by atoms with Crippen molar-refractivity contribution in [2.45, 2.75) is 11.4 Å². The van der Waals surface area contributed by atoms with Gasteiger partial charge in [0.2, 0.25) is 0 Å². The lowest BCUT2D eigenvalue weighted by Crippen LogP contribution is -2.04. The van der Waals surface area contributed by atoms with Crippen molar-refractivity contribution in [3.05, 3.63) is 54.1 Å². The fraction of sp³-hybridized carbons (Fsp3) is 0.154. The summed E-state index contributed by atoms with van der Waals surface area (Å²) in [4.78, 5) is 4.03. The van der Waals surface area contributed by atoms with Gasteiger partial charge in [-0.25, -0.2) is 12.8 Å². The van der Waals surface area contributed by atoms with Crippen LogP contribution in [0.25, 0.3) is 0 Å². The van der Waals surface area contributed by atoms with Gasteiger partial charge in [-0.3, -0.25) is 4.98 Å². The number of nitrogens with one attached hydrogen (secondary N) is 1. The van der Waals surface area contributed by atoms with Crippen molar-refractivity contribution in [3.63, 3.8) is 0 Å². The van der Waals surface area contributed by atoms with Crippen LogP contribution in [0.3, 0.4) is 0 Å². The van der Waals surface area contributed by atoms with Gasteiger partial charge in [0.05, 0.1) is 10.6 Å². The van der Waals surface area contributed by atoms with Crippen LogP contribution in [0.15, 0.2) is 47.6 Å². The van der Waals surface area contributed by atoms with Gasteiger partial charge in [-0.2, -0.15) is 0 Å². The molecule has 0 unspecified atom stereocenters. The van der Waals surface area contributed by atoms with Crippen molar-refractivity contribution in [1.82, 2.24) is 4.98 Å². The molecule has 0 amide bonds. The van der Waals surface area contributed by atoms with Gasteiger partial charge in [0.15, 0.2) is 9.84 Å². The zero-order chi connectivity index (χ0) is 13.9. The topological polar surface area (TPSA) is 59.1 Å². The van der Waals surface area contributed by atoms with Gasteiger partial charge in [0, 0.05) is 25.2 Å². The second-order valence-corrected chi connectivity index (χ2v) is 6.14. The van der Waals surface area contributed by atoms with E-state index in [0.717, 1.165) is 17.9 Å². The second-order valence-electron chi connectivity index (χ2n) is 4.13. The molecule has 100 valence electrons. The molecule has 0 bridgehead atoms. The summed E-state index contributed by atoms with van der Waals surface area (Å²) in [6.07, 6.45) is 4.39. The van der Waals surface area contributed by atoms with Crippen molar-refractivity contribution < 1.29 is 12.8 Å². The van der Waals surface area contributed by atoms with E-state index < -0.39 is 15.7 Å². The lowest BCUT2D eigenvalue weighted by molar-refractivity contribution is 0.600. The van der Waals surface area contributed by atoms with Gasteiger partial charge in [0.25, 0.3) is 0 Å². The predicted molar refractivity (Wildman–Crippen MR) is 71.1 cm³/mol. The molecule has 0 atom stereocenters. The summed E-state index contributed by atoms with van der Waals surface area (Å²) >= 11 is 0. The third-order valence-electron chi connectivity index (χ3n) is 2.57. The number of sulfone groups is 1. The maximum Gasteiger partial charge on any atom is 0.175 e. The smallest absolute Gasteiger partial charge is 0.175 e. The molecular weight excluding hydrogens is 267 g/mol. The molecule has 1 aromatic heterocycles. The minimum Gasteiger partial charge on any atom is -0.379 e. The SMILES string of the molecule is CS(=O)(=O)c1ccc(F)c(NCc2cccnc2)c1. The van der Waals surface area contributed by atoms with Crippen molar-refractivity contribution in [2.24, 2.45) is 0 Å². The van der Waals surface area contributed by atoms with Crippen LogP contribution < -0.4 is 5.32 Å².